The lowest BCUT2D eigenvalue weighted by Gasteiger charge is -2.05. The minimum Gasteiger partial charge on any atom is -0.487 e. The molecule has 1 heterocycles. The van der Waals surface area contributed by atoms with E-state index in [1.54, 1.807) is 19.1 Å². The van der Waals surface area contributed by atoms with E-state index in [-0.39, 0.29) is 11.4 Å². The zero-order valence-electron chi connectivity index (χ0n) is 12.7. The smallest absolute Gasteiger partial charge is 0.310 e. The molecule has 24 heavy (non-hydrogen) atoms. The molecule has 0 aliphatic heterocycles. The van der Waals surface area contributed by atoms with Gasteiger partial charge in [-0.25, -0.2) is 0 Å². The number of rotatable bonds is 6. The fourth-order valence-corrected chi connectivity index (χ4v) is 2.74. The van der Waals surface area contributed by atoms with Crippen LogP contribution in [0.4, 0.5) is 5.69 Å². The molecule has 122 valence electrons. The molecule has 3 aromatic rings. The molecule has 0 saturated heterocycles. The zero-order chi connectivity index (χ0) is 16.9. The summed E-state index contributed by atoms with van der Waals surface area (Å²) in [5, 5.41) is 19.4. The third-order valence-electron chi connectivity index (χ3n) is 3.06. The highest BCUT2D eigenvalue weighted by atomic mass is 32.2. The number of ether oxygens (including phenoxy) is 1. The van der Waals surface area contributed by atoms with E-state index in [0.717, 1.165) is 5.56 Å². The van der Waals surface area contributed by atoms with Crippen LogP contribution >= 0.6 is 11.8 Å². The van der Waals surface area contributed by atoms with Crippen LogP contribution < -0.4 is 4.74 Å². The number of aromatic nitrogens is 2. The van der Waals surface area contributed by atoms with Gasteiger partial charge in [0.15, 0.2) is 5.75 Å². The number of hydrogen-bond donors (Lipinski definition) is 0. The maximum absolute atomic E-state index is 11.0. The van der Waals surface area contributed by atoms with Crippen LogP contribution in [0.3, 0.4) is 0 Å². The summed E-state index contributed by atoms with van der Waals surface area (Å²) < 4.78 is 10.9. The predicted octanol–water partition coefficient (Wildman–Crippen LogP) is 4.19. The molecular formula is C16H13N3O4S. The Morgan fingerprint density at radius 1 is 1.21 bits per heavy atom. The first-order chi connectivity index (χ1) is 11.7. The van der Waals surface area contributed by atoms with Crippen molar-refractivity contribution < 1.29 is 14.1 Å². The van der Waals surface area contributed by atoms with Crippen LogP contribution in [-0.4, -0.2) is 21.7 Å². The molecule has 0 fully saturated rings. The van der Waals surface area contributed by atoms with Gasteiger partial charge in [-0.3, -0.25) is 10.1 Å². The quantitative estimate of drug-likeness (QED) is 0.489. The summed E-state index contributed by atoms with van der Waals surface area (Å²) in [6, 6.07) is 14.1. The molecule has 8 heteroatoms. The van der Waals surface area contributed by atoms with E-state index in [2.05, 4.69) is 10.2 Å². The van der Waals surface area contributed by atoms with Gasteiger partial charge in [-0.2, -0.15) is 0 Å². The Morgan fingerprint density at radius 3 is 2.71 bits per heavy atom. The maximum atomic E-state index is 11.0. The highest BCUT2D eigenvalue weighted by Gasteiger charge is 2.17. The number of nitrogens with zero attached hydrogens (tertiary/aromatic N) is 3. The van der Waals surface area contributed by atoms with E-state index >= 15 is 0 Å². The lowest BCUT2D eigenvalue weighted by atomic mass is 10.2. The molecule has 0 spiro atoms. The summed E-state index contributed by atoms with van der Waals surface area (Å²) in [5.74, 6) is 0.639. The van der Waals surface area contributed by atoms with E-state index in [9.17, 15) is 10.1 Å². The normalized spacial score (nSPS) is 10.5. The van der Waals surface area contributed by atoms with Crippen molar-refractivity contribution in [3.05, 3.63) is 58.6 Å². The number of benzene rings is 2. The van der Waals surface area contributed by atoms with Crippen molar-refractivity contribution >= 4 is 17.4 Å². The van der Waals surface area contributed by atoms with Crippen LogP contribution in [-0.2, 0) is 0 Å². The van der Waals surface area contributed by atoms with Gasteiger partial charge in [0.1, 0.15) is 0 Å². The van der Waals surface area contributed by atoms with Gasteiger partial charge in [-0.1, -0.05) is 18.2 Å². The largest absolute Gasteiger partial charge is 0.487 e. The monoisotopic (exact) mass is 343 g/mol. The molecule has 0 N–H and O–H groups in total. The Bertz CT molecular complexity index is 852. The summed E-state index contributed by atoms with van der Waals surface area (Å²) in [6.07, 6.45) is 0. The zero-order valence-corrected chi connectivity index (χ0v) is 13.5. The van der Waals surface area contributed by atoms with E-state index in [4.69, 9.17) is 9.15 Å². The molecule has 0 saturated carbocycles. The minimum absolute atomic E-state index is 0.0725. The number of hydrogen-bond acceptors (Lipinski definition) is 7. The highest BCUT2D eigenvalue weighted by molar-refractivity contribution is 7.99. The molecule has 0 aliphatic rings. The lowest BCUT2D eigenvalue weighted by molar-refractivity contribution is -0.385. The van der Waals surface area contributed by atoms with Crippen LogP contribution in [0.25, 0.3) is 11.5 Å². The Morgan fingerprint density at radius 2 is 2.00 bits per heavy atom. The van der Waals surface area contributed by atoms with Gasteiger partial charge in [-0.05, 0) is 36.9 Å². The van der Waals surface area contributed by atoms with E-state index in [1.165, 1.54) is 17.8 Å². The molecule has 3 rings (SSSR count). The average molecular weight is 343 g/mol. The van der Waals surface area contributed by atoms with Crippen LogP contribution in [0.15, 0.2) is 63.1 Å². The molecule has 2 aromatic carbocycles. The Balaban J connectivity index is 1.82. The first-order valence-electron chi connectivity index (χ1n) is 7.15. The van der Waals surface area contributed by atoms with Gasteiger partial charge in [-0.15, -0.1) is 10.2 Å². The number of nitro benzene ring substituents is 1. The van der Waals surface area contributed by atoms with Gasteiger partial charge in [0, 0.05) is 22.6 Å². The molecule has 0 amide bonds. The molecule has 0 atom stereocenters. The molecule has 0 radical (unpaired) electrons. The van der Waals surface area contributed by atoms with Crippen LogP contribution in [0.5, 0.6) is 5.75 Å². The average Bonchev–Trinajstić information content (AvgIpc) is 3.04. The van der Waals surface area contributed by atoms with Crippen molar-refractivity contribution in [1.29, 1.82) is 0 Å². The maximum Gasteiger partial charge on any atom is 0.310 e. The van der Waals surface area contributed by atoms with Crippen molar-refractivity contribution in [1.82, 2.24) is 10.2 Å². The van der Waals surface area contributed by atoms with Crippen LogP contribution in [0.1, 0.15) is 6.92 Å². The second-order valence-corrected chi connectivity index (χ2v) is 5.69. The lowest BCUT2D eigenvalue weighted by Crippen LogP contribution is -1.97. The van der Waals surface area contributed by atoms with Crippen molar-refractivity contribution in [2.75, 3.05) is 6.61 Å². The summed E-state index contributed by atoms with van der Waals surface area (Å²) >= 11 is 1.22. The van der Waals surface area contributed by atoms with Gasteiger partial charge in [0.2, 0.25) is 5.89 Å². The van der Waals surface area contributed by atoms with E-state index < -0.39 is 4.92 Å². The highest BCUT2D eigenvalue weighted by Crippen LogP contribution is 2.35. The van der Waals surface area contributed by atoms with Gasteiger partial charge in [0.25, 0.3) is 5.22 Å². The second-order valence-electron chi connectivity index (χ2n) is 4.66. The van der Waals surface area contributed by atoms with Gasteiger partial charge >= 0.3 is 5.69 Å². The summed E-state index contributed by atoms with van der Waals surface area (Å²) in [6.45, 7) is 2.11. The fraction of sp³-hybridized carbons (Fsp3) is 0.125. The standard InChI is InChI=1S/C16H13N3O4S/c1-2-22-14-10-12(8-9-13(14)19(20)21)24-16-18-17-15(23-16)11-6-4-3-5-7-11/h3-10H,2H2,1H3. The van der Waals surface area contributed by atoms with Crippen LogP contribution in [0, 0.1) is 10.1 Å². The second kappa shape index (κ2) is 7.14. The third-order valence-corrected chi connectivity index (χ3v) is 3.89. The van der Waals surface area contributed by atoms with E-state index in [0.29, 0.717) is 22.6 Å². The summed E-state index contributed by atoms with van der Waals surface area (Å²) in [5.41, 5.74) is 0.757. The topological polar surface area (TPSA) is 91.3 Å². The molecular weight excluding hydrogens is 330 g/mol. The summed E-state index contributed by atoms with van der Waals surface area (Å²) in [4.78, 5) is 11.2. The van der Waals surface area contributed by atoms with Crippen LogP contribution in [0.2, 0.25) is 0 Å². The van der Waals surface area contributed by atoms with Crippen molar-refractivity contribution in [3.63, 3.8) is 0 Å². The van der Waals surface area contributed by atoms with Gasteiger partial charge < -0.3 is 9.15 Å². The molecule has 0 bridgehead atoms. The molecule has 0 unspecified atom stereocenters. The van der Waals surface area contributed by atoms with Crippen molar-refractivity contribution in [2.24, 2.45) is 0 Å². The minimum atomic E-state index is -0.473. The van der Waals surface area contributed by atoms with Crippen molar-refractivity contribution in [3.8, 4) is 17.2 Å². The van der Waals surface area contributed by atoms with Crippen molar-refractivity contribution in [2.45, 2.75) is 17.0 Å². The molecule has 7 nitrogen and oxygen atoms in total. The van der Waals surface area contributed by atoms with E-state index in [1.807, 2.05) is 30.3 Å². The first-order valence-corrected chi connectivity index (χ1v) is 7.97. The Kier molecular flexibility index (Phi) is 4.76. The third kappa shape index (κ3) is 3.54. The number of nitro groups is 1. The predicted molar refractivity (Wildman–Crippen MR) is 88.1 cm³/mol. The summed E-state index contributed by atoms with van der Waals surface area (Å²) in [7, 11) is 0. The Hall–Kier alpha value is -2.87. The Labute approximate surface area is 141 Å². The molecule has 0 aliphatic carbocycles. The fourth-order valence-electron chi connectivity index (χ4n) is 2.03. The molecule has 1 aromatic heterocycles. The first kappa shape index (κ1) is 16.0. The van der Waals surface area contributed by atoms with Gasteiger partial charge in [0.05, 0.1) is 11.5 Å². The SMILES string of the molecule is CCOc1cc(Sc2nnc(-c3ccccc3)o2)ccc1[N+](=O)[O-].